The molecule has 2 unspecified atom stereocenters. The first kappa shape index (κ1) is 27.2. The number of benzene rings is 1. The van der Waals surface area contributed by atoms with Crippen molar-refractivity contribution in [3.8, 4) is 0 Å². The maximum atomic E-state index is 13.8. The molecule has 0 spiro atoms. The summed E-state index contributed by atoms with van der Waals surface area (Å²) in [7, 11) is -2.27. The SMILES string of the molecule is CCC(O)CCCN(C(=O)O)[C@H]1C(C(C)(C)C)N(S(=O)(=O)c2cn(C)cn2)C[C@@H]1c1ccccc1. The number of hydrogen-bond acceptors (Lipinski definition) is 5. The van der Waals surface area contributed by atoms with E-state index in [0.29, 0.717) is 19.3 Å². The molecule has 9 nitrogen and oxygen atoms in total. The van der Waals surface area contributed by atoms with E-state index in [1.165, 1.54) is 21.7 Å². The molecule has 1 aromatic heterocycles. The molecule has 0 saturated carbocycles. The monoisotopic (exact) mass is 506 g/mol. The van der Waals surface area contributed by atoms with E-state index < -0.39 is 39.7 Å². The molecular formula is C25H38N4O5S. The maximum Gasteiger partial charge on any atom is 0.407 e. The lowest BCUT2D eigenvalue weighted by atomic mass is 9.78. The topological polar surface area (TPSA) is 116 Å². The summed E-state index contributed by atoms with van der Waals surface area (Å²) in [5.41, 5.74) is 0.331. The van der Waals surface area contributed by atoms with Crippen molar-refractivity contribution in [3.05, 3.63) is 48.4 Å². The van der Waals surface area contributed by atoms with Crippen LogP contribution in [0.3, 0.4) is 0 Å². The number of aromatic nitrogens is 2. The van der Waals surface area contributed by atoms with Gasteiger partial charge in [-0.25, -0.2) is 18.2 Å². The largest absolute Gasteiger partial charge is 0.465 e. The lowest BCUT2D eigenvalue weighted by Crippen LogP contribution is -2.55. The predicted octanol–water partition coefficient (Wildman–Crippen LogP) is 3.52. The third-order valence-corrected chi connectivity index (χ3v) is 8.54. The molecular weight excluding hydrogens is 468 g/mol. The molecule has 1 amide bonds. The Morgan fingerprint density at radius 3 is 2.43 bits per heavy atom. The minimum Gasteiger partial charge on any atom is -0.465 e. The van der Waals surface area contributed by atoms with Crippen molar-refractivity contribution in [2.45, 2.75) is 76.1 Å². The highest BCUT2D eigenvalue weighted by molar-refractivity contribution is 7.89. The van der Waals surface area contributed by atoms with Gasteiger partial charge in [-0.05, 0) is 30.2 Å². The van der Waals surface area contributed by atoms with E-state index in [1.807, 2.05) is 58.0 Å². The molecule has 4 atom stereocenters. The zero-order chi connectivity index (χ0) is 26.0. The maximum absolute atomic E-state index is 13.8. The molecule has 3 rings (SSSR count). The Kier molecular flexibility index (Phi) is 8.28. The van der Waals surface area contributed by atoms with Crippen molar-refractivity contribution in [2.75, 3.05) is 13.1 Å². The van der Waals surface area contributed by atoms with Crippen LogP contribution in [0.25, 0.3) is 0 Å². The van der Waals surface area contributed by atoms with Crippen molar-refractivity contribution >= 4 is 16.1 Å². The highest BCUT2D eigenvalue weighted by Crippen LogP contribution is 2.45. The van der Waals surface area contributed by atoms with Crippen LogP contribution in [-0.2, 0) is 17.1 Å². The van der Waals surface area contributed by atoms with E-state index in [-0.39, 0.29) is 24.0 Å². The molecule has 1 aliphatic rings. The Balaban J connectivity index is 2.11. The van der Waals surface area contributed by atoms with Crippen LogP contribution < -0.4 is 0 Å². The van der Waals surface area contributed by atoms with Gasteiger partial charge in [-0.3, -0.25) is 0 Å². The number of sulfonamides is 1. The fraction of sp³-hybridized carbons (Fsp3) is 0.600. The van der Waals surface area contributed by atoms with Crippen molar-refractivity contribution in [1.82, 2.24) is 18.8 Å². The van der Waals surface area contributed by atoms with Gasteiger partial charge in [-0.1, -0.05) is 58.0 Å². The van der Waals surface area contributed by atoms with Gasteiger partial charge in [0.15, 0.2) is 5.03 Å². The summed E-state index contributed by atoms with van der Waals surface area (Å²) in [6.07, 6.45) is 2.92. The molecule has 0 aliphatic carbocycles. The zero-order valence-corrected chi connectivity index (χ0v) is 22.0. The molecule has 1 fully saturated rings. The minimum absolute atomic E-state index is 0.0466. The molecule has 1 aromatic carbocycles. The molecule has 10 heteroatoms. The number of aliphatic hydroxyl groups excluding tert-OH is 1. The predicted molar refractivity (Wildman–Crippen MR) is 134 cm³/mol. The highest BCUT2D eigenvalue weighted by Gasteiger charge is 2.55. The first-order chi connectivity index (χ1) is 16.4. The quantitative estimate of drug-likeness (QED) is 0.538. The number of aryl methyl sites for hydroxylation is 1. The third-order valence-electron chi connectivity index (χ3n) is 6.81. The Labute approximate surface area is 208 Å². The van der Waals surface area contributed by atoms with E-state index in [1.54, 1.807) is 11.6 Å². The third kappa shape index (κ3) is 5.87. The molecule has 1 aliphatic heterocycles. The number of rotatable bonds is 9. The van der Waals surface area contributed by atoms with Crippen LogP contribution in [0.4, 0.5) is 4.79 Å². The summed E-state index contributed by atoms with van der Waals surface area (Å²) >= 11 is 0. The number of imidazole rings is 1. The van der Waals surface area contributed by atoms with Gasteiger partial charge in [0.05, 0.1) is 24.5 Å². The summed E-state index contributed by atoms with van der Waals surface area (Å²) in [4.78, 5) is 18.1. The van der Waals surface area contributed by atoms with Crippen LogP contribution in [0.2, 0.25) is 0 Å². The fourth-order valence-electron chi connectivity index (χ4n) is 5.10. The van der Waals surface area contributed by atoms with Gasteiger partial charge in [0.2, 0.25) is 0 Å². The molecule has 0 radical (unpaired) electrons. The first-order valence-corrected chi connectivity index (χ1v) is 13.5. The highest BCUT2D eigenvalue weighted by atomic mass is 32.2. The van der Waals surface area contributed by atoms with E-state index in [0.717, 1.165) is 5.56 Å². The molecule has 35 heavy (non-hydrogen) atoms. The van der Waals surface area contributed by atoms with Gasteiger partial charge in [-0.2, -0.15) is 4.31 Å². The molecule has 2 aromatic rings. The molecule has 194 valence electrons. The summed E-state index contributed by atoms with van der Waals surface area (Å²) in [5, 5.41) is 20.2. The Morgan fingerprint density at radius 2 is 1.91 bits per heavy atom. The van der Waals surface area contributed by atoms with Crippen molar-refractivity contribution in [1.29, 1.82) is 0 Å². The summed E-state index contributed by atoms with van der Waals surface area (Å²) in [6, 6.07) is 8.29. The first-order valence-electron chi connectivity index (χ1n) is 12.1. The summed E-state index contributed by atoms with van der Waals surface area (Å²) in [5.74, 6) is -0.355. The second-order valence-corrected chi connectivity index (χ2v) is 12.3. The van der Waals surface area contributed by atoms with Gasteiger partial charge < -0.3 is 19.7 Å². The van der Waals surface area contributed by atoms with Crippen LogP contribution in [0, 0.1) is 5.41 Å². The summed E-state index contributed by atoms with van der Waals surface area (Å²) < 4.78 is 30.7. The normalized spacial score (nSPS) is 22.3. The lowest BCUT2D eigenvalue weighted by Gasteiger charge is -2.42. The Bertz CT molecular complexity index is 1100. The van der Waals surface area contributed by atoms with E-state index >= 15 is 0 Å². The molecule has 1 saturated heterocycles. The second-order valence-electron chi connectivity index (χ2n) is 10.5. The van der Waals surface area contributed by atoms with Crippen molar-refractivity contribution < 1.29 is 23.4 Å². The lowest BCUT2D eigenvalue weighted by molar-refractivity contribution is 0.0782. The number of aliphatic hydroxyl groups is 1. The number of amides is 1. The van der Waals surface area contributed by atoms with E-state index in [9.17, 15) is 23.4 Å². The van der Waals surface area contributed by atoms with Gasteiger partial charge in [0.1, 0.15) is 0 Å². The number of nitrogens with zero attached hydrogens (tertiary/aromatic N) is 4. The standard InChI is InChI=1S/C25H38N4O5S/c1-6-19(30)13-10-14-28(24(31)32)22-20(18-11-8-7-9-12-18)15-29(23(22)25(2,3)4)35(33,34)21-16-27(5)17-26-21/h7-9,11-12,16-17,19-20,22-23,30H,6,10,13-15H2,1-5H3,(H,31,32)/t19?,20-,22-,23?/m1/s1. The van der Waals surface area contributed by atoms with Crippen LogP contribution in [0.1, 0.15) is 58.4 Å². The Morgan fingerprint density at radius 1 is 1.26 bits per heavy atom. The van der Waals surface area contributed by atoms with Crippen LogP contribution in [-0.4, -0.2) is 74.8 Å². The number of hydrogen-bond donors (Lipinski definition) is 2. The summed E-state index contributed by atoms with van der Waals surface area (Å²) in [6.45, 7) is 8.08. The van der Waals surface area contributed by atoms with E-state index in [4.69, 9.17) is 0 Å². The van der Waals surface area contributed by atoms with E-state index in [2.05, 4.69) is 4.98 Å². The fourth-order valence-corrected chi connectivity index (χ4v) is 6.92. The minimum atomic E-state index is -3.98. The van der Waals surface area contributed by atoms with Crippen LogP contribution in [0.15, 0.2) is 47.9 Å². The van der Waals surface area contributed by atoms with Gasteiger partial charge in [0, 0.05) is 32.3 Å². The number of carbonyl (C=O) groups is 1. The van der Waals surface area contributed by atoms with Gasteiger partial charge >= 0.3 is 6.09 Å². The zero-order valence-electron chi connectivity index (χ0n) is 21.2. The van der Waals surface area contributed by atoms with Gasteiger partial charge in [0.25, 0.3) is 10.0 Å². The average molecular weight is 507 g/mol. The second kappa shape index (κ2) is 10.7. The molecule has 0 bridgehead atoms. The average Bonchev–Trinajstić information content (AvgIpc) is 3.41. The Hall–Kier alpha value is -2.43. The van der Waals surface area contributed by atoms with Crippen molar-refractivity contribution in [3.63, 3.8) is 0 Å². The van der Waals surface area contributed by atoms with Crippen LogP contribution in [0.5, 0.6) is 0 Å². The smallest absolute Gasteiger partial charge is 0.407 e. The van der Waals surface area contributed by atoms with Crippen molar-refractivity contribution in [2.24, 2.45) is 12.5 Å². The molecule has 2 N–H and O–H groups in total. The van der Waals surface area contributed by atoms with Gasteiger partial charge in [-0.15, -0.1) is 0 Å². The number of carboxylic acid groups (broad SMARTS) is 1. The molecule has 2 heterocycles. The van der Waals surface area contributed by atoms with Crippen LogP contribution >= 0.6 is 0 Å².